The van der Waals surface area contributed by atoms with Crippen LogP contribution in [0.3, 0.4) is 0 Å². The summed E-state index contributed by atoms with van der Waals surface area (Å²) in [6.07, 6.45) is 5.04. The first kappa shape index (κ1) is 16.5. The van der Waals surface area contributed by atoms with Crippen molar-refractivity contribution in [3.63, 3.8) is 0 Å². The van der Waals surface area contributed by atoms with Gasteiger partial charge in [0.25, 0.3) is 5.91 Å². The summed E-state index contributed by atoms with van der Waals surface area (Å²) in [7, 11) is 0. The van der Waals surface area contributed by atoms with Crippen LogP contribution in [0.2, 0.25) is 0 Å². The van der Waals surface area contributed by atoms with Gasteiger partial charge in [0.2, 0.25) is 0 Å². The van der Waals surface area contributed by atoms with Crippen molar-refractivity contribution in [3.05, 3.63) is 59.7 Å². The van der Waals surface area contributed by atoms with Crippen molar-refractivity contribution in [2.24, 2.45) is 0 Å². The summed E-state index contributed by atoms with van der Waals surface area (Å²) in [5.74, 6) is -0.187. The van der Waals surface area contributed by atoms with Crippen LogP contribution >= 0.6 is 0 Å². The fraction of sp³-hybridized carbons (Fsp3) is 0.389. The number of amides is 1. The van der Waals surface area contributed by atoms with Gasteiger partial charge in [-0.3, -0.25) is 9.78 Å². The number of hydrogen-bond donors (Lipinski definition) is 1. The van der Waals surface area contributed by atoms with Gasteiger partial charge in [0, 0.05) is 25.4 Å². The molecule has 1 fully saturated rings. The van der Waals surface area contributed by atoms with Gasteiger partial charge in [-0.1, -0.05) is 29.8 Å². The molecule has 1 aromatic heterocycles. The Labute approximate surface area is 141 Å². The maximum Gasteiger partial charge on any atom is 0.274 e. The van der Waals surface area contributed by atoms with Gasteiger partial charge in [-0.2, -0.15) is 0 Å². The van der Waals surface area contributed by atoms with Crippen molar-refractivity contribution in [3.8, 4) is 0 Å². The van der Waals surface area contributed by atoms with Crippen LogP contribution in [0.1, 0.15) is 21.6 Å². The maximum atomic E-state index is 12.6. The van der Waals surface area contributed by atoms with Gasteiger partial charge in [-0.15, -0.1) is 0 Å². The third kappa shape index (κ3) is 3.60. The van der Waals surface area contributed by atoms with E-state index in [4.69, 9.17) is 4.74 Å². The van der Waals surface area contributed by atoms with Crippen molar-refractivity contribution in [2.75, 3.05) is 26.3 Å². The third-order valence-electron chi connectivity index (χ3n) is 4.21. The summed E-state index contributed by atoms with van der Waals surface area (Å²) in [5.41, 5.74) is 1.76. The molecule has 6 nitrogen and oxygen atoms in total. The molecule has 0 spiro atoms. The lowest BCUT2D eigenvalue weighted by molar-refractivity contribution is -0.123. The minimum atomic E-state index is -0.788. The van der Waals surface area contributed by atoms with Gasteiger partial charge in [0.1, 0.15) is 11.3 Å². The predicted octanol–water partition coefficient (Wildman–Crippen LogP) is 1.23. The lowest BCUT2D eigenvalue weighted by Crippen LogP contribution is -2.57. The highest BCUT2D eigenvalue weighted by molar-refractivity contribution is 5.92. The SMILES string of the molecule is Cc1cccc(C[C@@]2(CO)CN(C(=O)c3cnccn3)CCO2)c1. The first-order valence-electron chi connectivity index (χ1n) is 7.98. The molecular formula is C18H21N3O3. The monoisotopic (exact) mass is 327 g/mol. The first-order valence-corrected chi connectivity index (χ1v) is 7.98. The first-order chi connectivity index (χ1) is 11.6. The quantitative estimate of drug-likeness (QED) is 0.914. The second kappa shape index (κ2) is 7.07. The van der Waals surface area contributed by atoms with Gasteiger partial charge in [0.15, 0.2) is 0 Å². The molecule has 1 N–H and O–H groups in total. The Morgan fingerprint density at radius 2 is 2.29 bits per heavy atom. The van der Waals surface area contributed by atoms with Crippen molar-refractivity contribution in [1.29, 1.82) is 0 Å². The minimum absolute atomic E-state index is 0.148. The zero-order chi connectivity index (χ0) is 17.0. The standard InChI is InChI=1S/C18H21N3O3/c1-14-3-2-4-15(9-14)10-18(13-22)12-21(7-8-24-18)17(23)16-11-19-5-6-20-16/h2-6,9,11,22H,7-8,10,12-13H2,1H3/t18-/m0/s1. The molecule has 1 aromatic carbocycles. The summed E-state index contributed by atoms with van der Waals surface area (Å²) >= 11 is 0. The molecule has 0 unspecified atom stereocenters. The van der Waals surface area contributed by atoms with Gasteiger partial charge in [-0.25, -0.2) is 4.98 Å². The van der Waals surface area contributed by atoms with Crippen molar-refractivity contribution >= 4 is 5.91 Å². The zero-order valence-corrected chi connectivity index (χ0v) is 13.7. The van der Waals surface area contributed by atoms with E-state index in [-0.39, 0.29) is 12.5 Å². The van der Waals surface area contributed by atoms with E-state index in [2.05, 4.69) is 16.0 Å². The average Bonchev–Trinajstić information content (AvgIpc) is 2.62. The predicted molar refractivity (Wildman–Crippen MR) is 88.6 cm³/mol. The molecule has 0 saturated carbocycles. The fourth-order valence-electron chi connectivity index (χ4n) is 3.04. The zero-order valence-electron chi connectivity index (χ0n) is 13.7. The molecule has 1 aliphatic rings. The maximum absolute atomic E-state index is 12.6. The lowest BCUT2D eigenvalue weighted by atomic mass is 9.92. The van der Waals surface area contributed by atoms with Gasteiger partial charge >= 0.3 is 0 Å². The lowest BCUT2D eigenvalue weighted by Gasteiger charge is -2.41. The van der Waals surface area contributed by atoms with Gasteiger partial charge < -0.3 is 14.7 Å². The molecule has 2 heterocycles. The number of carbonyl (C=O) groups is 1. The number of hydrogen-bond acceptors (Lipinski definition) is 5. The number of benzene rings is 1. The van der Waals surface area contributed by atoms with Crippen LogP contribution in [0, 0.1) is 6.92 Å². The fourth-order valence-corrected chi connectivity index (χ4v) is 3.04. The second-order valence-corrected chi connectivity index (χ2v) is 6.17. The minimum Gasteiger partial charge on any atom is -0.393 e. The molecule has 6 heteroatoms. The summed E-state index contributed by atoms with van der Waals surface area (Å²) < 4.78 is 5.89. The molecule has 3 rings (SSSR count). The Morgan fingerprint density at radius 3 is 3.00 bits per heavy atom. The Kier molecular flexibility index (Phi) is 4.87. The number of aliphatic hydroxyl groups is 1. The van der Waals surface area contributed by atoms with Crippen molar-refractivity contribution in [2.45, 2.75) is 18.9 Å². The Balaban J connectivity index is 1.78. The van der Waals surface area contributed by atoms with Crippen LogP contribution in [-0.4, -0.2) is 57.8 Å². The molecule has 2 aromatic rings. The summed E-state index contributed by atoms with van der Waals surface area (Å²) in [6, 6.07) is 8.10. The van der Waals surface area contributed by atoms with E-state index in [9.17, 15) is 9.90 Å². The topological polar surface area (TPSA) is 75.5 Å². The molecule has 1 saturated heterocycles. The number of nitrogens with zero attached hydrogens (tertiary/aromatic N) is 3. The van der Waals surface area contributed by atoms with Crippen LogP contribution in [0.25, 0.3) is 0 Å². The van der Waals surface area contributed by atoms with Gasteiger partial charge in [-0.05, 0) is 12.5 Å². The Bertz CT molecular complexity index is 708. The highest BCUT2D eigenvalue weighted by Crippen LogP contribution is 2.24. The number of aliphatic hydroxyl groups excluding tert-OH is 1. The molecule has 24 heavy (non-hydrogen) atoms. The average molecular weight is 327 g/mol. The summed E-state index contributed by atoms with van der Waals surface area (Å²) in [4.78, 5) is 22.3. The third-order valence-corrected chi connectivity index (χ3v) is 4.21. The second-order valence-electron chi connectivity index (χ2n) is 6.17. The molecule has 0 bridgehead atoms. The number of aromatic nitrogens is 2. The van der Waals surface area contributed by atoms with E-state index in [1.54, 1.807) is 4.90 Å². The molecule has 126 valence electrons. The Hall–Kier alpha value is -2.31. The van der Waals surface area contributed by atoms with E-state index in [1.165, 1.54) is 18.6 Å². The largest absolute Gasteiger partial charge is 0.393 e. The van der Waals surface area contributed by atoms with E-state index < -0.39 is 5.60 Å². The smallest absolute Gasteiger partial charge is 0.274 e. The van der Waals surface area contributed by atoms with Crippen LogP contribution < -0.4 is 0 Å². The number of carbonyl (C=O) groups excluding carboxylic acids is 1. The Morgan fingerprint density at radius 1 is 1.42 bits per heavy atom. The van der Waals surface area contributed by atoms with Crippen LogP contribution in [0.15, 0.2) is 42.9 Å². The van der Waals surface area contributed by atoms with Crippen molar-refractivity contribution < 1.29 is 14.6 Å². The molecule has 1 aliphatic heterocycles. The van der Waals surface area contributed by atoms with E-state index in [0.717, 1.165) is 11.1 Å². The van der Waals surface area contributed by atoms with Crippen molar-refractivity contribution in [1.82, 2.24) is 14.9 Å². The number of aryl methyl sites for hydroxylation is 1. The number of morpholine rings is 1. The summed E-state index contributed by atoms with van der Waals surface area (Å²) in [6.45, 7) is 3.07. The molecular weight excluding hydrogens is 306 g/mol. The highest BCUT2D eigenvalue weighted by atomic mass is 16.5. The van der Waals surface area contributed by atoms with Crippen LogP contribution in [0.5, 0.6) is 0 Å². The molecule has 1 atom stereocenters. The van der Waals surface area contributed by atoms with E-state index >= 15 is 0 Å². The highest BCUT2D eigenvalue weighted by Gasteiger charge is 2.38. The molecule has 0 radical (unpaired) electrons. The molecule has 0 aliphatic carbocycles. The van der Waals surface area contributed by atoms with Crippen LogP contribution in [0.4, 0.5) is 0 Å². The van der Waals surface area contributed by atoms with Gasteiger partial charge in [0.05, 0.1) is 26.0 Å². The van der Waals surface area contributed by atoms with E-state index in [0.29, 0.717) is 31.8 Å². The molecule has 1 amide bonds. The van der Waals surface area contributed by atoms with Crippen LogP contribution in [-0.2, 0) is 11.2 Å². The normalized spacial score (nSPS) is 20.8. The number of rotatable bonds is 4. The number of ether oxygens (including phenoxy) is 1. The van der Waals surface area contributed by atoms with E-state index in [1.807, 2.05) is 25.1 Å². The summed E-state index contributed by atoms with van der Waals surface area (Å²) in [5, 5.41) is 9.95.